The number of benzene rings is 1. The van der Waals surface area contributed by atoms with Gasteiger partial charge in [-0.15, -0.1) is 0 Å². The maximum Gasteiger partial charge on any atom is 0.244 e. The average molecular weight is 424 g/mol. The third-order valence-electron chi connectivity index (χ3n) is 3.73. The Morgan fingerprint density at radius 3 is 2.56 bits per heavy atom. The maximum absolute atomic E-state index is 12.7. The predicted molar refractivity (Wildman–Crippen MR) is 98.2 cm³/mol. The zero-order chi connectivity index (χ0) is 18.0. The number of nitrogens with one attached hydrogen (secondary N) is 1. The monoisotopic (exact) mass is 423 g/mol. The first-order chi connectivity index (χ1) is 11.9. The molecule has 0 amide bonds. The highest BCUT2D eigenvalue weighted by Gasteiger charge is 2.24. The Hall–Kier alpha value is -1.97. The minimum atomic E-state index is -3.66. The molecule has 0 spiro atoms. The number of aromatic nitrogens is 4. The van der Waals surface area contributed by atoms with Gasteiger partial charge in [-0.2, -0.15) is 10.2 Å². The Labute approximate surface area is 154 Å². The van der Waals surface area contributed by atoms with Crippen molar-refractivity contribution in [3.63, 3.8) is 0 Å². The van der Waals surface area contributed by atoms with E-state index in [1.54, 1.807) is 35.6 Å². The van der Waals surface area contributed by atoms with Crippen molar-refractivity contribution >= 4 is 26.0 Å². The van der Waals surface area contributed by atoms with Crippen LogP contribution in [0.1, 0.15) is 11.4 Å². The summed E-state index contributed by atoms with van der Waals surface area (Å²) in [4.78, 5) is 0.220. The lowest BCUT2D eigenvalue weighted by molar-refractivity contribution is 0.560. The van der Waals surface area contributed by atoms with E-state index in [0.29, 0.717) is 17.9 Å². The fraction of sp³-hybridized carbons (Fsp3) is 0.250. The van der Waals surface area contributed by atoms with Gasteiger partial charge in [0.05, 0.1) is 34.3 Å². The summed E-state index contributed by atoms with van der Waals surface area (Å²) in [5, 5.41) is 8.50. The van der Waals surface area contributed by atoms with Crippen molar-refractivity contribution in [2.24, 2.45) is 0 Å². The molecule has 3 aromatic rings. The molecule has 0 saturated heterocycles. The largest absolute Gasteiger partial charge is 0.270 e. The quantitative estimate of drug-likeness (QED) is 0.659. The van der Waals surface area contributed by atoms with Crippen molar-refractivity contribution in [3.05, 3.63) is 58.6 Å². The van der Waals surface area contributed by atoms with Gasteiger partial charge in [0.15, 0.2) is 0 Å². The molecule has 0 bridgehead atoms. The molecule has 9 heteroatoms. The lowest BCUT2D eigenvalue weighted by atomic mass is 10.3. The lowest BCUT2D eigenvalue weighted by Gasteiger charge is -2.08. The Bertz CT molecular complexity index is 979. The zero-order valence-corrected chi connectivity index (χ0v) is 16.2. The van der Waals surface area contributed by atoms with Crippen molar-refractivity contribution in [1.82, 2.24) is 24.3 Å². The summed E-state index contributed by atoms with van der Waals surface area (Å²) in [5.41, 5.74) is 1.87. The number of para-hydroxylation sites is 1. The zero-order valence-electron chi connectivity index (χ0n) is 13.8. The van der Waals surface area contributed by atoms with E-state index in [1.165, 1.54) is 0 Å². The van der Waals surface area contributed by atoms with Crippen LogP contribution in [0.15, 0.2) is 52.1 Å². The Morgan fingerprint density at radius 2 is 1.92 bits per heavy atom. The van der Waals surface area contributed by atoms with Gasteiger partial charge < -0.3 is 0 Å². The van der Waals surface area contributed by atoms with E-state index in [0.717, 1.165) is 10.2 Å². The van der Waals surface area contributed by atoms with Gasteiger partial charge in [-0.25, -0.2) is 17.8 Å². The van der Waals surface area contributed by atoms with Crippen LogP contribution in [0.4, 0.5) is 0 Å². The van der Waals surface area contributed by atoms with Crippen molar-refractivity contribution in [1.29, 1.82) is 0 Å². The van der Waals surface area contributed by atoms with Crippen LogP contribution in [0.2, 0.25) is 0 Å². The summed E-state index contributed by atoms with van der Waals surface area (Å²) in [5.74, 6) is 0. The van der Waals surface area contributed by atoms with Crippen LogP contribution in [0.3, 0.4) is 0 Å². The predicted octanol–water partition coefficient (Wildman–Crippen LogP) is 2.43. The molecular formula is C16H18BrN5O2S. The van der Waals surface area contributed by atoms with Gasteiger partial charge in [0.1, 0.15) is 4.90 Å². The second-order valence-corrected chi connectivity index (χ2v) is 8.19. The van der Waals surface area contributed by atoms with Gasteiger partial charge in [0.25, 0.3) is 0 Å². The fourth-order valence-corrected chi connectivity index (χ4v) is 4.40. The first-order valence-corrected chi connectivity index (χ1v) is 9.95. The van der Waals surface area contributed by atoms with E-state index in [9.17, 15) is 8.42 Å². The first kappa shape index (κ1) is 17.8. The van der Waals surface area contributed by atoms with E-state index < -0.39 is 10.0 Å². The molecule has 7 nitrogen and oxygen atoms in total. The summed E-state index contributed by atoms with van der Waals surface area (Å²) >= 11 is 3.31. The molecule has 0 unspecified atom stereocenters. The van der Waals surface area contributed by atoms with Gasteiger partial charge >= 0.3 is 0 Å². The van der Waals surface area contributed by atoms with Crippen LogP contribution in [-0.2, 0) is 16.6 Å². The smallest absolute Gasteiger partial charge is 0.244 e. The molecule has 1 aromatic carbocycles. The molecule has 0 atom stereocenters. The molecule has 0 fully saturated rings. The third-order valence-corrected chi connectivity index (χ3v) is 5.85. The summed E-state index contributed by atoms with van der Waals surface area (Å²) in [6.45, 7) is 4.14. The van der Waals surface area contributed by atoms with Crippen LogP contribution in [0.5, 0.6) is 0 Å². The second-order valence-electron chi connectivity index (χ2n) is 5.57. The summed E-state index contributed by atoms with van der Waals surface area (Å²) < 4.78 is 32.2. The lowest BCUT2D eigenvalue weighted by Crippen LogP contribution is -2.28. The van der Waals surface area contributed by atoms with Crippen LogP contribution >= 0.6 is 15.9 Å². The SMILES string of the molecule is Cc1nn(-c2ccccc2)c(C)c1S(=O)(=O)NCCn1cc(Br)cn1. The summed E-state index contributed by atoms with van der Waals surface area (Å²) in [7, 11) is -3.66. The highest BCUT2D eigenvalue weighted by molar-refractivity contribution is 9.10. The highest BCUT2D eigenvalue weighted by Crippen LogP contribution is 2.22. The van der Waals surface area contributed by atoms with Crippen molar-refractivity contribution in [2.45, 2.75) is 25.3 Å². The number of rotatable bonds is 6. The Morgan fingerprint density at radius 1 is 1.20 bits per heavy atom. The molecule has 0 aliphatic carbocycles. The topological polar surface area (TPSA) is 81.8 Å². The number of hydrogen-bond donors (Lipinski definition) is 1. The third kappa shape index (κ3) is 3.83. The van der Waals surface area contributed by atoms with Crippen LogP contribution in [-0.4, -0.2) is 34.5 Å². The number of nitrogens with zero attached hydrogens (tertiary/aromatic N) is 4. The minimum absolute atomic E-state index is 0.220. The molecule has 0 aliphatic rings. The molecule has 0 aliphatic heterocycles. The molecule has 132 valence electrons. The number of halogens is 1. The Kier molecular flexibility index (Phi) is 5.07. The molecule has 25 heavy (non-hydrogen) atoms. The maximum atomic E-state index is 12.7. The van der Waals surface area contributed by atoms with Crippen molar-refractivity contribution in [3.8, 4) is 5.69 Å². The molecule has 3 rings (SSSR count). The van der Waals surface area contributed by atoms with Gasteiger partial charge in [-0.1, -0.05) is 18.2 Å². The van der Waals surface area contributed by atoms with Gasteiger partial charge in [0, 0.05) is 12.7 Å². The second kappa shape index (κ2) is 7.11. The van der Waals surface area contributed by atoms with E-state index in [2.05, 4.69) is 30.8 Å². The van der Waals surface area contributed by atoms with E-state index in [1.807, 2.05) is 30.3 Å². The van der Waals surface area contributed by atoms with E-state index in [4.69, 9.17) is 0 Å². The van der Waals surface area contributed by atoms with Crippen LogP contribution in [0, 0.1) is 13.8 Å². The van der Waals surface area contributed by atoms with Crippen LogP contribution in [0.25, 0.3) is 5.69 Å². The number of hydrogen-bond acceptors (Lipinski definition) is 4. The normalized spacial score (nSPS) is 11.8. The summed E-state index contributed by atoms with van der Waals surface area (Å²) in [6.07, 6.45) is 3.45. The number of aryl methyl sites for hydroxylation is 1. The molecular weight excluding hydrogens is 406 g/mol. The molecule has 0 saturated carbocycles. The fourth-order valence-electron chi connectivity index (χ4n) is 2.67. The van der Waals surface area contributed by atoms with Crippen LogP contribution < -0.4 is 4.72 Å². The number of sulfonamides is 1. The molecule has 1 N–H and O–H groups in total. The minimum Gasteiger partial charge on any atom is -0.270 e. The molecule has 2 aromatic heterocycles. The average Bonchev–Trinajstić information content (AvgIpc) is 3.11. The van der Waals surface area contributed by atoms with Gasteiger partial charge in [-0.05, 0) is 41.9 Å². The molecule has 2 heterocycles. The van der Waals surface area contributed by atoms with E-state index in [-0.39, 0.29) is 11.4 Å². The van der Waals surface area contributed by atoms with Gasteiger partial charge in [-0.3, -0.25) is 4.68 Å². The van der Waals surface area contributed by atoms with E-state index >= 15 is 0 Å². The first-order valence-electron chi connectivity index (χ1n) is 7.68. The molecule has 0 radical (unpaired) electrons. The van der Waals surface area contributed by atoms with Crippen molar-refractivity contribution < 1.29 is 8.42 Å². The van der Waals surface area contributed by atoms with Gasteiger partial charge in [0.2, 0.25) is 10.0 Å². The highest BCUT2D eigenvalue weighted by atomic mass is 79.9. The standard InChI is InChI=1S/C16H18BrN5O2S/c1-12-16(13(2)22(20-12)15-6-4-3-5-7-15)25(23,24)19-8-9-21-11-14(17)10-18-21/h3-7,10-11,19H,8-9H2,1-2H3. The van der Waals surface area contributed by atoms with Crippen molar-refractivity contribution in [2.75, 3.05) is 6.54 Å². The summed E-state index contributed by atoms with van der Waals surface area (Å²) in [6, 6.07) is 9.46. The Balaban J connectivity index is 1.81.